The zero-order valence-corrected chi connectivity index (χ0v) is 8.99. The van der Waals surface area contributed by atoms with E-state index in [9.17, 15) is 0 Å². The average molecular weight is 244 g/mol. The van der Waals surface area contributed by atoms with Crippen LogP contribution in [0.1, 0.15) is 17.7 Å². The van der Waals surface area contributed by atoms with Gasteiger partial charge in [0.2, 0.25) is 0 Å². The fraction of sp³-hybridized carbons (Fsp3) is 0.333. The zero-order chi connectivity index (χ0) is 8.55. The van der Waals surface area contributed by atoms with E-state index in [1.807, 2.05) is 0 Å². The summed E-state index contributed by atoms with van der Waals surface area (Å²) in [4.78, 5) is 1.32. The van der Waals surface area contributed by atoms with Gasteiger partial charge in [-0.25, -0.2) is 0 Å². The van der Waals surface area contributed by atoms with E-state index in [2.05, 4.69) is 34.1 Å². The summed E-state index contributed by atoms with van der Waals surface area (Å²) in [6, 6.07) is 4.63. The number of hydrogen-bond acceptors (Lipinski definition) is 2. The first kappa shape index (κ1) is 8.48. The van der Waals surface area contributed by atoms with Crippen molar-refractivity contribution in [3.05, 3.63) is 26.4 Å². The number of thiophene rings is 1. The van der Waals surface area contributed by atoms with Crippen LogP contribution in [0, 0.1) is 0 Å². The van der Waals surface area contributed by atoms with Crippen LogP contribution < -0.4 is 5.73 Å². The predicted molar refractivity (Wildman–Crippen MR) is 57.2 cm³/mol. The highest BCUT2D eigenvalue weighted by Crippen LogP contribution is 2.30. The lowest BCUT2D eigenvalue weighted by atomic mass is 9.87. The van der Waals surface area contributed by atoms with Gasteiger partial charge in [0.1, 0.15) is 0 Å². The average Bonchev–Trinajstić information content (AvgIpc) is 2.33. The third kappa shape index (κ3) is 1.79. The van der Waals surface area contributed by atoms with Gasteiger partial charge in [-0.05, 0) is 47.0 Å². The van der Waals surface area contributed by atoms with E-state index < -0.39 is 0 Å². The summed E-state index contributed by atoms with van der Waals surface area (Å²) in [7, 11) is 0. The zero-order valence-electron chi connectivity index (χ0n) is 6.59. The maximum absolute atomic E-state index is 5.68. The number of rotatable bonds is 1. The summed E-state index contributed by atoms with van der Waals surface area (Å²) < 4.78 is 1.19. The van der Waals surface area contributed by atoms with Crippen molar-refractivity contribution in [2.75, 3.05) is 0 Å². The van der Waals surface area contributed by atoms with Gasteiger partial charge >= 0.3 is 0 Å². The molecule has 1 aromatic heterocycles. The molecular weight excluding hydrogens is 234 g/mol. The summed E-state index contributed by atoms with van der Waals surface area (Å²) in [6.07, 6.45) is 4.41. The lowest BCUT2D eigenvalue weighted by Gasteiger charge is -2.24. The van der Waals surface area contributed by atoms with Crippen molar-refractivity contribution in [1.82, 2.24) is 0 Å². The summed E-state index contributed by atoms with van der Waals surface area (Å²) >= 11 is 5.20. The Balaban J connectivity index is 2.08. The van der Waals surface area contributed by atoms with E-state index >= 15 is 0 Å². The molecule has 0 bridgehead atoms. The van der Waals surface area contributed by atoms with Crippen molar-refractivity contribution < 1.29 is 0 Å². The van der Waals surface area contributed by atoms with E-state index in [1.165, 1.54) is 14.2 Å². The fourth-order valence-electron chi connectivity index (χ4n) is 1.34. The largest absolute Gasteiger partial charge is 0.327 e. The van der Waals surface area contributed by atoms with Gasteiger partial charge in [0, 0.05) is 10.9 Å². The van der Waals surface area contributed by atoms with Crippen molar-refractivity contribution in [2.24, 2.45) is 5.73 Å². The lowest BCUT2D eigenvalue weighted by molar-refractivity contribution is 0.547. The molecule has 2 rings (SSSR count). The first-order valence-electron chi connectivity index (χ1n) is 3.94. The molecule has 1 fully saturated rings. The van der Waals surface area contributed by atoms with Crippen LogP contribution in [0.4, 0.5) is 0 Å². The Labute approximate surface area is 84.4 Å². The Morgan fingerprint density at radius 2 is 2.25 bits per heavy atom. The van der Waals surface area contributed by atoms with Crippen LogP contribution >= 0.6 is 27.3 Å². The van der Waals surface area contributed by atoms with E-state index in [0.29, 0.717) is 6.04 Å². The van der Waals surface area contributed by atoms with Crippen LogP contribution in [0.3, 0.4) is 0 Å². The minimum atomic E-state index is 0.416. The second kappa shape index (κ2) is 3.32. The molecule has 1 heterocycles. The van der Waals surface area contributed by atoms with E-state index in [1.54, 1.807) is 11.3 Å². The van der Waals surface area contributed by atoms with Crippen molar-refractivity contribution in [1.29, 1.82) is 0 Å². The van der Waals surface area contributed by atoms with Gasteiger partial charge in [0.15, 0.2) is 0 Å². The summed E-state index contributed by atoms with van der Waals surface area (Å²) in [5, 5.41) is 0. The Kier molecular flexibility index (Phi) is 2.35. The van der Waals surface area contributed by atoms with Gasteiger partial charge in [0.05, 0.1) is 3.79 Å². The molecule has 64 valence electrons. The van der Waals surface area contributed by atoms with Gasteiger partial charge in [0.25, 0.3) is 0 Å². The fourth-order valence-corrected chi connectivity index (χ4v) is 2.75. The molecule has 1 aliphatic rings. The highest BCUT2D eigenvalue weighted by molar-refractivity contribution is 9.11. The highest BCUT2D eigenvalue weighted by atomic mass is 79.9. The molecule has 0 spiro atoms. The van der Waals surface area contributed by atoms with Crippen molar-refractivity contribution in [3.63, 3.8) is 0 Å². The quantitative estimate of drug-likeness (QED) is 0.807. The van der Waals surface area contributed by atoms with Crippen LogP contribution in [0.25, 0.3) is 6.08 Å². The maximum atomic E-state index is 5.68. The molecule has 0 radical (unpaired) electrons. The maximum Gasteiger partial charge on any atom is 0.0704 e. The monoisotopic (exact) mass is 243 g/mol. The molecule has 1 nitrogen and oxygen atoms in total. The van der Waals surface area contributed by atoms with Gasteiger partial charge < -0.3 is 5.73 Å². The van der Waals surface area contributed by atoms with E-state index in [0.717, 1.165) is 12.8 Å². The molecule has 0 saturated heterocycles. The molecular formula is C9H10BrNS. The minimum absolute atomic E-state index is 0.416. The lowest BCUT2D eigenvalue weighted by Crippen LogP contribution is -2.29. The Bertz CT molecular complexity index is 308. The third-order valence-corrected chi connectivity index (χ3v) is 3.56. The Morgan fingerprint density at radius 3 is 2.75 bits per heavy atom. The summed E-state index contributed by atoms with van der Waals surface area (Å²) in [5.41, 5.74) is 7.16. The first-order valence-corrected chi connectivity index (χ1v) is 5.55. The second-order valence-electron chi connectivity index (χ2n) is 3.11. The van der Waals surface area contributed by atoms with Crippen molar-refractivity contribution >= 4 is 33.3 Å². The standard InChI is InChI=1S/C9H10BrNS/c10-9-2-1-8(12-9)5-6-3-7(11)4-6/h1-2,5,7H,3-4,11H2. The first-order chi connectivity index (χ1) is 5.74. The van der Waals surface area contributed by atoms with Crippen LogP contribution in [0.2, 0.25) is 0 Å². The van der Waals surface area contributed by atoms with Gasteiger partial charge in [-0.1, -0.05) is 5.57 Å². The van der Waals surface area contributed by atoms with Crippen LogP contribution in [-0.4, -0.2) is 6.04 Å². The topological polar surface area (TPSA) is 26.0 Å². The van der Waals surface area contributed by atoms with Gasteiger partial charge in [-0.3, -0.25) is 0 Å². The minimum Gasteiger partial charge on any atom is -0.327 e. The molecule has 0 aromatic carbocycles. The Hall–Kier alpha value is -0.120. The molecule has 1 aliphatic carbocycles. The number of nitrogens with two attached hydrogens (primary N) is 1. The second-order valence-corrected chi connectivity index (χ2v) is 5.61. The molecule has 12 heavy (non-hydrogen) atoms. The third-order valence-electron chi connectivity index (χ3n) is 1.99. The van der Waals surface area contributed by atoms with Crippen LogP contribution in [0.15, 0.2) is 21.5 Å². The highest BCUT2D eigenvalue weighted by Gasteiger charge is 2.18. The normalized spacial score (nSPS) is 22.2. The molecule has 1 saturated carbocycles. The molecule has 0 unspecified atom stereocenters. The van der Waals surface area contributed by atoms with Crippen molar-refractivity contribution in [3.8, 4) is 0 Å². The molecule has 1 aromatic rings. The van der Waals surface area contributed by atoms with Gasteiger partial charge in [-0.2, -0.15) is 0 Å². The molecule has 3 heteroatoms. The summed E-state index contributed by atoms with van der Waals surface area (Å²) in [5.74, 6) is 0. The molecule has 2 N–H and O–H groups in total. The SMILES string of the molecule is NC1CC(=Cc2ccc(Br)s2)C1. The van der Waals surface area contributed by atoms with Crippen LogP contribution in [0.5, 0.6) is 0 Å². The van der Waals surface area contributed by atoms with E-state index in [4.69, 9.17) is 5.73 Å². The smallest absolute Gasteiger partial charge is 0.0704 e. The number of halogens is 1. The number of hydrogen-bond donors (Lipinski definition) is 1. The summed E-state index contributed by atoms with van der Waals surface area (Å²) in [6.45, 7) is 0. The Morgan fingerprint density at radius 1 is 1.50 bits per heavy atom. The molecule has 0 amide bonds. The van der Waals surface area contributed by atoms with Crippen LogP contribution in [-0.2, 0) is 0 Å². The van der Waals surface area contributed by atoms with Gasteiger partial charge in [-0.15, -0.1) is 11.3 Å². The van der Waals surface area contributed by atoms with E-state index in [-0.39, 0.29) is 0 Å². The predicted octanol–water partition coefficient (Wildman–Crippen LogP) is 3.02. The van der Waals surface area contributed by atoms with Crippen molar-refractivity contribution in [2.45, 2.75) is 18.9 Å². The molecule has 0 aliphatic heterocycles. The molecule has 0 atom stereocenters.